The van der Waals surface area contributed by atoms with Crippen LogP contribution in [0.2, 0.25) is 5.02 Å². The third-order valence-electron chi connectivity index (χ3n) is 6.37. The van der Waals surface area contributed by atoms with Crippen LogP contribution in [0.4, 0.5) is 10.5 Å². The van der Waals surface area contributed by atoms with Gasteiger partial charge in [-0.1, -0.05) is 23.7 Å². The van der Waals surface area contributed by atoms with E-state index in [0.29, 0.717) is 49.1 Å². The predicted molar refractivity (Wildman–Crippen MR) is 134 cm³/mol. The zero-order valence-corrected chi connectivity index (χ0v) is 20.9. The number of halogens is 1. The number of nitrogens with zero attached hydrogens (tertiary/aromatic N) is 5. The molecule has 0 aliphatic carbocycles. The maximum atomic E-state index is 13.2. The lowest BCUT2D eigenvalue weighted by atomic mass is 9.91. The quantitative estimate of drug-likeness (QED) is 0.558. The average Bonchev–Trinajstić information content (AvgIpc) is 3.26. The molecule has 9 nitrogen and oxygen atoms in total. The van der Waals surface area contributed by atoms with Gasteiger partial charge in [0, 0.05) is 36.9 Å². The van der Waals surface area contributed by atoms with Crippen LogP contribution in [0.25, 0.3) is 5.69 Å². The molecule has 10 heteroatoms. The van der Waals surface area contributed by atoms with Gasteiger partial charge < -0.3 is 19.6 Å². The highest BCUT2D eigenvalue weighted by molar-refractivity contribution is 6.30. The molecule has 2 heterocycles. The normalized spacial score (nSPS) is 15.2. The summed E-state index contributed by atoms with van der Waals surface area (Å²) in [6.07, 6.45) is 0.227. The molecule has 1 amide bonds. The molecular weight excluding hydrogens is 470 g/mol. The Morgan fingerprint density at radius 2 is 1.66 bits per heavy atom. The number of benzene rings is 2. The smallest absolute Gasteiger partial charge is 0.409 e. The lowest BCUT2D eigenvalue weighted by molar-refractivity contribution is 0.0456. The third kappa shape index (κ3) is 5.06. The fourth-order valence-electron chi connectivity index (χ4n) is 4.23. The molecule has 0 radical (unpaired) electrons. The minimum atomic E-state index is -0.991. The molecular formula is C25H30ClN5O4. The van der Waals surface area contributed by atoms with Crippen molar-refractivity contribution >= 4 is 23.4 Å². The summed E-state index contributed by atoms with van der Waals surface area (Å²) < 4.78 is 7.83. The molecule has 3 aromatic rings. The number of anilines is 1. The molecule has 1 N–H and O–H groups in total. The zero-order valence-electron chi connectivity index (χ0n) is 20.1. The number of aliphatic hydroxyl groups excluding tert-OH is 1. The van der Waals surface area contributed by atoms with Crippen molar-refractivity contribution in [2.24, 2.45) is 0 Å². The van der Waals surface area contributed by atoms with Crippen LogP contribution in [-0.2, 0) is 10.3 Å². The van der Waals surface area contributed by atoms with Crippen LogP contribution in [0, 0.1) is 0 Å². The minimum absolute atomic E-state index is 0.275. The first-order valence-corrected chi connectivity index (χ1v) is 12.0. The van der Waals surface area contributed by atoms with Crippen molar-refractivity contribution in [3.05, 3.63) is 75.9 Å². The van der Waals surface area contributed by atoms with Gasteiger partial charge in [-0.2, -0.15) is 5.10 Å². The largest absolute Gasteiger partial charge is 0.450 e. The van der Waals surface area contributed by atoms with Gasteiger partial charge in [-0.05, 0) is 62.7 Å². The molecule has 1 fully saturated rings. The van der Waals surface area contributed by atoms with Crippen molar-refractivity contribution in [3.63, 3.8) is 0 Å². The summed E-state index contributed by atoms with van der Waals surface area (Å²) in [6, 6.07) is 14.5. The maximum Gasteiger partial charge on any atom is 0.409 e. The fourth-order valence-corrected chi connectivity index (χ4v) is 4.36. The zero-order chi connectivity index (χ0) is 25.2. The Hall–Kier alpha value is -3.30. The van der Waals surface area contributed by atoms with Crippen molar-refractivity contribution in [3.8, 4) is 5.69 Å². The first-order chi connectivity index (χ1) is 16.7. The highest BCUT2D eigenvalue weighted by Crippen LogP contribution is 2.31. The Bertz CT molecular complexity index is 1210. The van der Waals surface area contributed by atoms with E-state index in [4.69, 9.17) is 16.3 Å². The maximum absolute atomic E-state index is 13.2. The summed E-state index contributed by atoms with van der Waals surface area (Å²) in [5.74, 6) is 0. The van der Waals surface area contributed by atoms with Gasteiger partial charge in [0.1, 0.15) is 12.4 Å². The number of hydrogen-bond acceptors (Lipinski definition) is 6. The standard InChI is InChI=1S/C25H30ClN5O4/c1-4-35-24(34)29-15-13-28(14-16-29)20-9-11-21(12-10-20)30-17-27-31(23(30)33)25(2,3)22(32)18-5-7-19(26)8-6-18/h5-12,17,22,32H,4,13-16H2,1-3H3. The number of piperazine rings is 1. The van der Waals surface area contributed by atoms with Crippen LogP contribution in [0.1, 0.15) is 32.4 Å². The number of ether oxygens (including phenoxy) is 1. The van der Waals surface area contributed by atoms with Crippen LogP contribution in [0.3, 0.4) is 0 Å². The summed E-state index contributed by atoms with van der Waals surface area (Å²) in [4.78, 5) is 29.0. The molecule has 0 saturated carbocycles. The summed E-state index contributed by atoms with van der Waals surface area (Å²) in [5, 5.41) is 15.8. The number of hydrogen-bond donors (Lipinski definition) is 1. The van der Waals surface area contributed by atoms with Gasteiger partial charge in [-0.25, -0.2) is 18.8 Å². The van der Waals surface area contributed by atoms with Gasteiger partial charge in [0.25, 0.3) is 0 Å². The Labute approximate surface area is 209 Å². The summed E-state index contributed by atoms with van der Waals surface area (Å²) in [7, 11) is 0. The van der Waals surface area contributed by atoms with Crippen molar-refractivity contribution in [1.82, 2.24) is 19.2 Å². The van der Waals surface area contributed by atoms with E-state index in [1.54, 1.807) is 49.9 Å². The summed E-state index contributed by atoms with van der Waals surface area (Å²) in [5.41, 5.74) is 0.990. The van der Waals surface area contributed by atoms with E-state index in [0.717, 1.165) is 5.69 Å². The number of aliphatic hydroxyl groups is 1. The van der Waals surface area contributed by atoms with Gasteiger partial charge in [0.15, 0.2) is 0 Å². The molecule has 0 bridgehead atoms. The van der Waals surface area contributed by atoms with Crippen LogP contribution in [0.5, 0.6) is 0 Å². The molecule has 0 spiro atoms. The molecule has 35 heavy (non-hydrogen) atoms. The van der Waals surface area contributed by atoms with E-state index in [1.807, 2.05) is 24.3 Å². The van der Waals surface area contributed by atoms with Crippen LogP contribution < -0.4 is 10.6 Å². The van der Waals surface area contributed by atoms with E-state index in [1.165, 1.54) is 15.6 Å². The second-order valence-corrected chi connectivity index (χ2v) is 9.43. The first-order valence-electron chi connectivity index (χ1n) is 11.6. The van der Waals surface area contributed by atoms with Gasteiger partial charge in [-0.3, -0.25) is 0 Å². The minimum Gasteiger partial charge on any atom is -0.450 e. The second kappa shape index (κ2) is 10.1. The molecule has 1 aliphatic heterocycles. The molecule has 2 aromatic carbocycles. The van der Waals surface area contributed by atoms with Gasteiger partial charge >= 0.3 is 11.8 Å². The molecule has 1 aliphatic rings. The molecule has 1 atom stereocenters. The van der Waals surface area contributed by atoms with Crippen molar-refractivity contribution in [2.75, 3.05) is 37.7 Å². The highest BCUT2D eigenvalue weighted by Gasteiger charge is 2.34. The second-order valence-electron chi connectivity index (χ2n) is 8.99. The average molecular weight is 500 g/mol. The van der Waals surface area contributed by atoms with E-state index in [2.05, 4.69) is 10.00 Å². The lowest BCUT2D eigenvalue weighted by Crippen LogP contribution is -2.49. The van der Waals surface area contributed by atoms with Crippen molar-refractivity contribution < 1.29 is 14.6 Å². The molecule has 1 aromatic heterocycles. The lowest BCUT2D eigenvalue weighted by Gasteiger charge is -2.35. The molecule has 4 rings (SSSR count). The van der Waals surface area contributed by atoms with E-state index >= 15 is 0 Å². The Balaban J connectivity index is 1.48. The first kappa shape index (κ1) is 24.8. The van der Waals surface area contributed by atoms with Gasteiger partial charge in [-0.15, -0.1) is 0 Å². The van der Waals surface area contributed by atoms with E-state index in [-0.39, 0.29) is 11.8 Å². The highest BCUT2D eigenvalue weighted by atomic mass is 35.5. The number of aromatic nitrogens is 3. The van der Waals surface area contributed by atoms with Gasteiger partial charge in [0.2, 0.25) is 0 Å². The Morgan fingerprint density at radius 3 is 2.26 bits per heavy atom. The summed E-state index contributed by atoms with van der Waals surface area (Å²) in [6.45, 7) is 8.30. The molecule has 1 unspecified atom stereocenters. The summed E-state index contributed by atoms with van der Waals surface area (Å²) >= 11 is 5.96. The topological polar surface area (TPSA) is 92.8 Å². The van der Waals surface area contributed by atoms with E-state index < -0.39 is 11.6 Å². The van der Waals surface area contributed by atoms with E-state index in [9.17, 15) is 14.7 Å². The SMILES string of the molecule is CCOC(=O)N1CCN(c2ccc(-n3cnn(C(C)(C)C(O)c4ccc(Cl)cc4)c3=O)cc2)CC1. The fraction of sp³-hybridized carbons (Fsp3) is 0.400. The van der Waals surface area contributed by atoms with Crippen LogP contribution >= 0.6 is 11.6 Å². The molecule has 1 saturated heterocycles. The monoisotopic (exact) mass is 499 g/mol. The van der Waals surface area contributed by atoms with Crippen molar-refractivity contribution in [1.29, 1.82) is 0 Å². The Morgan fingerprint density at radius 1 is 1.06 bits per heavy atom. The molecule has 186 valence electrons. The third-order valence-corrected chi connectivity index (χ3v) is 6.62. The number of amides is 1. The van der Waals surface area contributed by atoms with Crippen LogP contribution in [-0.4, -0.2) is 63.2 Å². The number of carbonyl (C=O) groups is 1. The van der Waals surface area contributed by atoms with Crippen molar-refractivity contribution in [2.45, 2.75) is 32.4 Å². The van der Waals surface area contributed by atoms with Gasteiger partial charge in [0.05, 0.1) is 17.8 Å². The Kier molecular flexibility index (Phi) is 7.18. The number of carbonyl (C=O) groups excluding carboxylic acids is 1. The predicted octanol–water partition coefficient (Wildman–Crippen LogP) is 3.43. The van der Waals surface area contributed by atoms with Crippen LogP contribution in [0.15, 0.2) is 59.7 Å². The number of rotatable bonds is 6.